The lowest BCUT2D eigenvalue weighted by Crippen LogP contribution is -2.60. The van der Waals surface area contributed by atoms with Gasteiger partial charge in [0.05, 0.1) is 11.4 Å². The number of pyridine rings is 1. The van der Waals surface area contributed by atoms with Crippen molar-refractivity contribution in [2.45, 2.75) is 77.9 Å². The predicted octanol–water partition coefficient (Wildman–Crippen LogP) is 5.13. The summed E-state index contributed by atoms with van der Waals surface area (Å²) in [6, 6.07) is 1.78. The fourth-order valence-electron chi connectivity index (χ4n) is 5.22. The number of nitrogens with zero attached hydrogens (tertiary/aromatic N) is 5. The number of thiazole rings is 1. The van der Waals surface area contributed by atoms with Gasteiger partial charge in [-0.25, -0.2) is 24.3 Å². The minimum absolute atomic E-state index is 0.0477. The van der Waals surface area contributed by atoms with Crippen LogP contribution < -0.4 is 10.6 Å². The van der Waals surface area contributed by atoms with Gasteiger partial charge in [0.1, 0.15) is 10.3 Å². The zero-order valence-corrected chi connectivity index (χ0v) is 20.8. The summed E-state index contributed by atoms with van der Waals surface area (Å²) in [5.41, 5.74) is 3.48. The van der Waals surface area contributed by atoms with E-state index in [-0.39, 0.29) is 16.9 Å². The molecule has 4 aromatic rings. The van der Waals surface area contributed by atoms with E-state index in [9.17, 15) is 4.39 Å². The summed E-state index contributed by atoms with van der Waals surface area (Å²) in [6.45, 7) is 12.9. The molecule has 2 N–H and O–H groups in total. The Bertz CT molecular complexity index is 1340. The number of halogens is 1. The fraction of sp³-hybridized carbons (Fsp3) is 0.500. The summed E-state index contributed by atoms with van der Waals surface area (Å²) in [5.74, 6) is 0.121. The van der Waals surface area contributed by atoms with Crippen LogP contribution in [0.4, 0.5) is 9.52 Å². The van der Waals surface area contributed by atoms with Crippen molar-refractivity contribution in [2.75, 3.05) is 5.32 Å². The summed E-state index contributed by atoms with van der Waals surface area (Å²) in [7, 11) is 0. The molecule has 1 aliphatic rings. The second kappa shape index (κ2) is 7.70. The molecule has 4 aromatic heterocycles. The van der Waals surface area contributed by atoms with E-state index in [0.29, 0.717) is 23.1 Å². The molecule has 5 rings (SSSR count). The minimum atomic E-state index is -0.384. The standard InChI is InChI=1S/C24H30FN7S/c1-7-17-18-21(33-22(29-18)27-15-9-23(3,4)31-24(5,6)10-15)30-19(28-17)14-8-16(25)20-26-13(2)11-32(20)12-14/h8,11-12,15,31H,7,9-10H2,1-6H3,(H,27,29). The number of anilines is 1. The Labute approximate surface area is 196 Å². The molecule has 0 bridgehead atoms. The number of hydrogen-bond donors (Lipinski definition) is 2. The second-order valence-electron chi connectivity index (χ2n) is 10.4. The average molecular weight is 468 g/mol. The number of piperidine rings is 1. The van der Waals surface area contributed by atoms with E-state index in [4.69, 9.17) is 15.0 Å². The van der Waals surface area contributed by atoms with Gasteiger partial charge in [-0.1, -0.05) is 18.3 Å². The van der Waals surface area contributed by atoms with E-state index < -0.39 is 0 Å². The van der Waals surface area contributed by atoms with Gasteiger partial charge < -0.3 is 15.0 Å². The van der Waals surface area contributed by atoms with Gasteiger partial charge in [-0.05, 0) is 59.9 Å². The predicted molar refractivity (Wildman–Crippen MR) is 131 cm³/mol. The molecule has 174 valence electrons. The first kappa shape index (κ1) is 22.2. The molecule has 0 saturated carbocycles. The molecule has 1 saturated heterocycles. The van der Waals surface area contributed by atoms with Crippen molar-refractivity contribution in [1.29, 1.82) is 0 Å². The van der Waals surface area contributed by atoms with E-state index in [1.807, 2.05) is 13.1 Å². The molecule has 0 radical (unpaired) electrons. The van der Waals surface area contributed by atoms with Crippen molar-refractivity contribution in [3.8, 4) is 11.4 Å². The van der Waals surface area contributed by atoms with Crippen LogP contribution in [0.1, 0.15) is 58.8 Å². The lowest BCUT2D eigenvalue weighted by molar-refractivity contribution is 0.170. The van der Waals surface area contributed by atoms with Crippen LogP contribution in [-0.2, 0) is 6.42 Å². The van der Waals surface area contributed by atoms with E-state index in [2.05, 4.69) is 50.2 Å². The third-order valence-corrected chi connectivity index (χ3v) is 6.95. The third-order valence-electron chi connectivity index (χ3n) is 6.07. The Morgan fingerprint density at radius 1 is 1.12 bits per heavy atom. The van der Waals surface area contributed by atoms with Crippen LogP contribution in [0.5, 0.6) is 0 Å². The number of rotatable bonds is 4. The van der Waals surface area contributed by atoms with Crippen molar-refractivity contribution in [3.63, 3.8) is 0 Å². The Morgan fingerprint density at radius 3 is 2.55 bits per heavy atom. The van der Waals surface area contributed by atoms with Crippen LogP contribution in [0.15, 0.2) is 18.5 Å². The highest BCUT2D eigenvalue weighted by molar-refractivity contribution is 7.21. The summed E-state index contributed by atoms with van der Waals surface area (Å²) in [4.78, 5) is 19.4. The maximum absolute atomic E-state index is 14.7. The molecule has 9 heteroatoms. The molecule has 0 unspecified atom stereocenters. The van der Waals surface area contributed by atoms with Crippen LogP contribution in [0.25, 0.3) is 27.4 Å². The van der Waals surface area contributed by atoms with Gasteiger partial charge in [0, 0.05) is 35.1 Å². The number of aromatic nitrogens is 5. The van der Waals surface area contributed by atoms with Crippen molar-refractivity contribution < 1.29 is 4.39 Å². The second-order valence-corrected chi connectivity index (χ2v) is 11.3. The normalized spacial score (nSPS) is 18.3. The zero-order valence-electron chi connectivity index (χ0n) is 20.0. The molecule has 7 nitrogen and oxygen atoms in total. The quantitative estimate of drug-likeness (QED) is 0.433. The topological polar surface area (TPSA) is 80.0 Å². The van der Waals surface area contributed by atoms with Gasteiger partial charge in [-0.15, -0.1) is 0 Å². The van der Waals surface area contributed by atoms with Crippen molar-refractivity contribution in [2.24, 2.45) is 0 Å². The SMILES string of the molecule is CCc1nc(-c2cc(F)c3nc(C)cn3c2)nc2sc(NC3CC(C)(C)NC(C)(C)C3)nc12. The Hall–Kier alpha value is -2.65. The first-order chi connectivity index (χ1) is 15.5. The smallest absolute Gasteiger partial charge is 0.185 e. The van der Waals surface area contributed by atoms with E-state index >= 15 is 0 Å². The molecule has 0 aliphatic carbocycles. The van der Waals surface area contributed by atoms with Crippen LogP contribution >= 0.6 is 11.3 Å². The highest BCUT2D eigenvalue weighted by atomic mass is 32.1. The van der Waals surface area contributed by atoms with Crippen molar-refractivity contribution >= 4 is 32.5 Å². The van der Waals surface area contributed by atoms with Gasteiger partial charge in [-0.2, -0.15) is 0 Å². The van der Waals surface area contributed by atoms with Crippen LogP contribution in [0.3, 0.4) is 0 Å². The molecule has 1 fully saturated rings. The Balaban J connectivity index is 1.51. The summed E-state index contributed by atoms with van der Waals surface area (Å²) in [5, 5.41) is 8.23. The van der Waals surface area contributed by atoms with E-state index in [0.717, 1.165) is 46.1 Å². The van der Waals surface area contributed by atoms with Crippen molar-refractivity contribution in [3.05, 3.63) is 35.7 Å². The number of aryl methyl sites for hydroxylation is 2. The molecule has 1 aliphatic heterocycles. The first-order valence-electron chi connectivity index (χ1n) is 11.4. The number of nitrogens with one attached hydrogen (secondary N) is 2. The van der Waals surface area contributed by atoms with Gasteiger partial charge in [0.25, 0.3) is 0 Å². The van der Waals surface area contributed by atoms with Crippen molar-refractivity contribution in [1.82, 2.24) is 29.7 Å². The van der Waals surface area contributed by atoms with Crippen LogP contribution in [0, 0.1) is 12.7 Å². The van der Waals surface area contributed by atoms with E-state index in [1.165, 1.54) is 17.4 Å². The van der Waals surface area contributed by atoms with Gasteiger partial charge >= 0.3 is 0 Å². The molecule has 33 heavy (non-hydrogen) atoms. The fourth-order valence-corrected chi connectivity index (χ4v) is 6.15. The maximum atomic E-state index is 14.7. The molecule has 0 aromatic carbocycles. The minimum Gasteiger partial charge on any atom is -0.359 e. The highest BCUT2D eigenvalue weighted by Crippen LogP contribution is 2.34. The summed E-state index contributed by atoms with van der Waals surface area (Å²) >= 11 is 1.53. The Morgan fingerprint density at radius 2 is 1.85 bits per heavy atom. The summed E-state index contributed by atoms with van der Waals surface area (Å²) < 4.78 is 16.4. The lowest BCUT2D eigenvalue weighted by Gasteiger charge is -2.46. The lowest BCUT2D eigenvalue weighted by atomic mass is 9.80. The molecule has 0 amide bonds. The molecule has 0 spiro atoms. The largest absolute Gasteiger partial charge is 0.359 e. The zero-order chi connectivity index (χ0) is 23.5. The number of fused-ring (bicyclic) bond motifs is 2. The summed E-state index contributed by atoms with van der Waals surface area (Å²) in [6.07, 6.45) is 6.37. The van der Waals surface area contributed by atoms with Gasteiger partial charge in [0.2, 0.25) is 0 Å². The molecular formula is C24H30FN7S. The average Bonchev–Trinajstić information content (AvgIpc) is 3.26. The highest BCUT2D eigenvalue weighted by Gasteiger charge is 2.38. The first-order valence-corrected chi connectivity index (χ1v) is 12.2. The van der Waals surface area contributed by atoms with Crippen LogP contribution in [0.2, 0.25) is 0 Å². The number of imidazole rings is 1. The van der Waals surface area contributed by atoms with E-state index in [1.54, 1.807) is 10.6 Å². The van der Waals surface area contributed by atoms with Gasteiger partial charge in [-0.3, -0.25) is 0 Å². The Kier molecular flexibility index (Phi) is 5.17. The molecule has 0 atom stereocenters. The van der Waals surface area contributed by atoms with Gasteiger partial charge in [0.15, 0.2) is 22.4 Å². The molecule has 5 heterocycles. The molecular weight excluding hydrogens is 437 g/mol. The monoisotopic (exact) mass is 467 g/mol. The third kappa shape index (κ3) is 4.31. The maximum Gasteiger partial charge on any atom is 0.185 e. The number of hydrogen-bond acceptors (Lipinski definition) is 7. The van der Waals surface area contributed by atoms with Crippen LogP contribution in [-0.4, -0.2) is 41.5 Å².